The van der Waals surface area contributed by atoms with E-state index in [1.165, 1.54) is 0 Å². The van der Waals surface area contributed by atoms with E-state index in [0.29, 0.717) is 11.4 Å². The van der Waals surface area contributed by atoms with Gasteiger partial charge in [0.25, 0.3) is 0 Å². The van der Waals surface area contributed by atoms with Crippen LogP contribution in [0.25, 0.3) is 0 Å². The van der Waals surface area contributed by atoms with Gasteiger partial charge in [0.15, 0.2) is 0 Å². The predicted octanol–water partition coefficient (Wildman–Crippen LogP) is 6.04. The van der Waals surface area contributed by atoms with Crippen molar-refractivity contribution in [3.8, 4) is 11.5 Å². The molecule has 0 aliphatic carbocycles. The Morgan fingerprint density at radius 3 is 2.48 bits per heavy atom. The third-order valence-electron chi connectivity index (χ3n) is 5.02. The van der Waals surface area contributed by atoms with E-state index in [1.54, 1.807) is 13.2 Å². The average molecular weight is 472 g/mol. The molecule has 4 rings (SSSR count). The molecule has 1 aliphatic rings. The molecule has 0 spiro atoms. The molecule has 0 saturated heterocycles. The fraction of sp³-hybridized carbons (Fsp3) is 0.174. The number of halogens is 2. The van der Waals surface area contributed by atoms with Crippen LogP contribution in [0.4, 0.5) is 0 Å². The summed E-state index contributed by atoms with van der Waals surface area (Å²) < 4.78 is 6.19. The molecule has 0 aromatic heterocycles. The van der Waals surface area contributed by atoms with Crippen LogP contribution in [-0.2, 0) is 0 Å². The molecule has 0 bridgehead atoms. The number of ether oxygens (including phenoxy) is 1. The Bertz CT molecular complexity index is 1040. The van der Waals surface area contributed by atoms with Gasteiger partial charge in [0, 0.05) is 33.2 Å². The minimum absolute atomic E-state index is 0.0946. The number of rotatable bonds is 4. The fourth-order valence-corrected chi connectivity index (χ4v) is 3.99. The summed E-state index contributed by atoms with van der Waals surface area (Å²) >= 11 is 9.57. The summed E-state index contributed by atoms with van der Waals surface area (Å²) in [5.74, 6) is 1.07. The highest BCUT2D eigenvalue weighted by Crippen LogP contribution is 2.36. The SMILES string of the molecule is COc1ccc(C2=N[C@@H](c3ccc(Cl)cc3)N[C@@H](c3cc(Br)ccc3O)C2)cc1. The number of aromatic hydroxyl groups is 1. The van der Waals surface area contributed by atoms with Crippen LogP contribution in [0.1, 0.15) is 35.3 Å². The Hall–Kier alpha value is -2.34. The van der Waals surface area contributed by atoms with Crippen molar-refractivity contribution in [1.29, 1.82) is 0 Å². The van der Waals surface area contributed by atoms with Gasteiger partial charge in [0.2, 0.25) is 0 Å². The summed E-state index contributed by atoms with van der Waals surface area (Å²) in [7, 11) is 1.65. The quantitative estimate of drug-likeness (QED) is 0.488. The molecule has 3 aromatic carbocycles. The van der Waals surface area contributed by atoms with Crippen molar-refractivity contribution in [1.82, 2.24) is 5.32 Å². The first-order chi connectivity index (χ1) is 14.0. The van der Waals surface area contributed by atoms with Gasteiger partial charge in [0.1, 0.15) is 17.7 Å². The van der Waals surface area contributed by atoms with Gasteiger partial charge in [-0.15, -0.1) is 0 Å². The first-order valence-electron chi connectivity index (χ1n) is 9.24. The standard InChI is InChI=1S/C23H20BrClN2O2/c1-29-18-9-4-14(5-10-18)20-13-21(19-12-16(24)6-11-22(19)28)27-23(26-20)15-2-7-17(25)8-3-15/h2-12,21,23,27-28H,13H2,1H3/t21-,23-/m1/s1. The summed E-state index contributed by atoms with van der Waals surface area (Å²) in [4.78, 5) is 4.96. The lowest BCUT2D eigenvalue weighted by molar-refractivity contribution is 0.412. The average Bonchev–Trinajstić information content (AvgIpc) is 2.75. The maximum Gasteiger partial charge on any atom is 0.126 e. The molecule has 0 amide bonds. The van der Waals surface area contributed by atoms with Crippen LogP contribution in [0, 0.1) is 0 Å². The Morgan fingerprint density at radius 2 is 1.79 bits per heavy atom. The third-order valence-corrected chi connectivity index (χ3v) is 5.76. The number of aliphatic imine (C=N–C) groups is 1. The number of phenolic OH excluding ortho intramolecular Hbond substituents is 1. The Kier molecular flexibility index (Phi) is 5.90. The molecule has 29 heavy (non-hydrogen) atoms. The molecule has 1 heterocycles. The van der Waals surface area contributed by atoms with Gasteiger partial charge in [-0.2, -0.15) is 0 Å². The maximum absolute atomic E-state index is 10.5. The van der Waals surface area contributed by atoms with Gasteiger partial charge in [-0.25, -0.2) is 0 Å². The second kappa shape index (κ2) is 8.57. The minimum Gasteiger partial charge on any atom is -0.508 e. The van der Waals surface area contributed by atoms with E-state index in [0.717, 1.165) is 32.6 Å². The number of hydrogen-bond acceptors (Lipinski definition) is 4. The molecule has 0 unspecified atom stereocenters. The van der Waals surface area contributed by atoms with Crippen LogP contribution in [0.2, 0.25) is 5.02 Å². The molecule has 1 aliphatic heterocycles. The molecule has 148 valence electrons. The largest absolute Gasteiger partial charge is 0.508 e. The van der Waals surface area contributed by atoms with Crippen LogP contribution in [-0.4, -0.2) is 17.9 Å². The molecule has 0 saturated carbocycles. The summed E-state index contributed by atoms with van der Waals surface area (Å²) in [6, 6.07) is 20.9. The Morgan fingerprint density at radius 1 is 1.07 bits per heavy atom. The van der Waals surface area contributed by atoms with E-state index in [-0.39, 0.29) is 18.0 Å². The normalized spacial score (nSPS) is 18.9. The van der Waals surface area contributed by atoms with Gasteiger partial charge in [0.05, 0.1) is 7.11 Å². The van der Waals surface area contributed by atoms with Crippen molar-refractivity contribution < 1.29 is 9.84 Å². The Labute approximate surface area is 183 Å². The second-order valence-corrected chi connectivity index (χ2v) is 8.24. The van der Waals surface area contributed by atoms with Crippen LogP contribution < -0.4 is 10.1 Å². The van der Waals surface area contributed by atoms with Crippen LogP contribution in [0.15, 0.2) is 76.2 Å². The highest BCUT2D eigenvalue weighted by atomic mass is 79.9. The molecule has 4 nitrogen and oxygen atoms in total. The number of benzene rings is 3. The lowest BCUT2D eigenvalue weighted by Crippen LogP contribution is -2.33. The van der Waals surface area contributed by atoms with E-state index in [2.05, 4.69) is 21.2 Å². The summed E-state index contributed by atoms with van der Waals surface area (Å²) in [6.07, 6.45) is 0.405. The zero-order valence-corrected chi connectivity index (χ0v) is 18.1. The molecule has 2 atom stereocenters. The van der Waals surface area contributed by atoms with Crippen molar-refractivity contribution in [2.45, 2.75) is 18.6 Å². The number of nitrogens with one attached hydrogen (secondary N) is 1. The molecule has 0 radical (unpaired) electrons. The third kappa shape index (κ3) is 4.47. The lowest BCUT2D eigenvalue weighted by Gasteiger charge is -2.31. The first-order valence-corrected chi connectivity index (χ1v) is 10.4. The predicted molar refractivity (Wildman–Crippen MR) is 120 cm³/mol. The monoisotopic (exact) mass is 470 g/mol. The van der Waals surface area contributed by atoms with Crippen LogP contribution >= 0.6 is 27.5 Å². The molecular formula is C23H20BrClN2O2. The number of phenols is 1. The fourth-order valence-electron chi connectivity index (χ4n) is 3.48. The van der Waals surface area contributed by atoms with E-state index < -0.39 is 0 Å². The van der Waals surface area contributed by atoms with E-state index in [9.17, 15) is 5.11 Å². The summed E-state index contributed by atoms with van der Waals surface area (Å²) in [5, 5.41) is 14.7. The Balaban J connectivity index is 1.75. The zero-order chi connectivity index (χ0) is 20.4. The van der Waals surface area contributed by atoms with Gasteiger partial charge in [-0.1, -0.05) is 39.7 Å². The van der Waals surface area contributed by atoms with Gasteiger partial charge < -0.3 is 9.84 Å². The first kappa shape index (κ1) is 20.0. The highest BCUT2D eigenvalue weighted by Gasteiger charge is 2.27. The second-order valence-electron chi connectivity index (χ2n) is 6.88. The van der Waals surface area contributed by atoms with E-state index in [1.807, 2.05) is 60.7 Å². The lowest BCUT2D eigenvalue weighted by atomic mass is 9.93. The molecule has 3 aromatic rings. The molecular weight excluding hydrogens is 452 g/mol. The number of nitrogens with zero attached hydrogens (tertiary/aromatic N) is 1. The number of hydrogen-bond donors (Lipinski definition) is 2. The van der Waals surface area contributed by atoms with E-state index >= 15 is 0 Å². The highest BCUT2D eigenvalue weighted by molar-refractivity contribution is 9.10. The minimum atomic E-state index is -0.249. The molecule has 2 N–H and O–H groups in total. The van der Waals surface area contributed by atoms with Crippen molar-refractivity contribution >= 4 is 33.2 Å². The topological polar surface area (TPSA) is 53.8 Å². The maximum atomic E-state index is 10.5. The van der Waals surface area contributed by atoms with Crippen LogP contribution in [0.5, 0.6) is 11.5 Å². The zero-order valence-electron chi connectivity index (χ0n) is 15.8. The summed E-state index contributed by atoms with van der Waals surface area (Å²) in [6.45, 7) is 0. The smallest absolute Gasteiger partial charge is 0.126 e. The molecule has 6 heteroatoms. The van der Waals surface area contributed by atoms with E-state index in [4.69, 9.17) is 21.3 Å². The van der Waals surface area contributed by atoms with Crippen molar-refractivity contribution in [2.24, 2.45) is 4.99 Å². The van der Waals surface area contributed by atoms with Crippen molar-refractivity contribution in [3.63, 3.8) is 0 Å². The van der Waals surface area contributed by atoms with Crippen LogP contribution in [0.3, 0.4) is 0 Å². The van der Waals surface area contributed by atoms with Crippen molar-refractivity contribution in [2.75, 3.05) is 7.11 Å². The summed E-state index contributed by atoms with van der Waals surface area (Å²) in [5.41, 5.74) is 3.85. The van der Waals surface area contributed by atoms with Crippen molar-refractivity contribution in [3.05, 3.63) is 92.9 Å². The number of methoxy groups -OCH3 is 1. The van der Waals surface area contributed by atoms with Gasteiger partial charge in [-0.3, -0.25) is 10.3 Å². The van der Waals surface area contributed by atoms with Gasteiger partial charge in [-0.05, 0) is 65.7 Å². The molecule has 0 fully saturated rings. The van der Waals surface area contributed by atoms with Gasteiger partial charge >= 0.3 is 0 Å².